The minimum absolute atomic E-state index is 0.0303. The number of aliphatic hydroxyl groups is 1. The highest BCUT2D eigenvalue weighted by Gasteiger charge is 2.31. The van der Waals surface area contributed by atoms with Crippen molar-refractivity contribution in [2.75, 3.05) is 19.7 Å². The maximum atomic E-state index is 12.4. The Morgan fingerprint density at radius 1 is 1.42 bits per heavy atom. The van der Waals surface area contributed by atoms with Gasteiger partial charge in [0, 0.05) is 25.6 Å². The average Bonchev–Trinajstić information content (AvgIpc) is 3.19. The number of rotatable bonds is 3. The first-order valence-corrected chi connectivity index (χ1v) is 9.04. The third-order valence-electron chi connectivity index (χ3n) is 5.00. The summed E-state index contributed by atoms with van der Waals surface area (Å²) in [7, 11) is 1.74. The van der Waals surface area contributed by atoms with Gasteiger partial charge in [0.15, 0.2) is 5.82 Å². The van der Waals surface area contributed by atoms with Crippen molar-refractivity contribution in [3.8, 4) is 0 Å². The Kier molecular flexibility index (Phi) is 3.70. The molecule has 0 spiro atoms. The second-order valence-electron chi connectivity index (χ2n) is 7.03. The van der Waals surface area contributed by atoms with Crippen LogP contribution in [0.25, 0.3) is 16.0 Å². The number of nitrogens with zero attached hydrogens (tertiary/aromatic N) is 5. The van der Waals surface area contributed by atoms with E-state index >= 15 is 0 Å². The van der Waals surface area contributed by atoms with Crippen molar-refractivity contribution in [3.63, 3.8) is 0 Å². The lowest BCUT2D eigenvalue weighted by Crippen LogP contribution is -2.43. The van der Waals surface area contributed by atoms with E-state index in [1.165, 1.54) is 11.3 Å². The zero-order chi connectivity index (χ0) is 16.9. The smallest absolute Gasteiger partial charge is 0.272 e. The predicted molar refractivity (Wildman–Crippen MR) is 93.3 cm³/mol. The Morgan fingerprint density at radius 3 is 3.04 bits per heavy atom. The van der Waals surface area contributed by atoms with Gasteiger partial charge < -0.3 is 5.11 Å². The average molecular weight is 347 g/mol. The number of aliphatic hydroxyl groups excluding tert-OH is 1. The number of aryl methyl sites for hydroxylation is 1. The van der Waals surface area contributed by atoms with E-state index in [1.807, 2.05) is 15.8 Å². The summed E-state index contributed by atoms with van der Waals surface area (Å²) in [4.78, 5) is 14.7. The van der Waals surface area contributed by atoms with Gasteiger partial charge in [-0.3, -0.25) is 18.7 Å². The van der Waals surface area contributed by atoms with Crippen molar-refractivity contribution in [2.45, 2.75) is 26.3 Å². The van der Waals surface area contributed by atoms with Gasteiger partial charge in [-0.25, -0.2) is 0 Å². The number of likely N-dealkylation sites (tertiary alicyclic amines) is 1. The molecule has 3 aromatic rings. The fraction of sp³-hybridized carbons (Fsp3) is 0.562. The zero-order valence-corrected chi connectivity index (χ0v) is 14.7. The van der Waals surface area contributed by atoms with E-state index in [0.717, 1.165) is 42.0 Å². The highest BCUT2D eigenvalue weighted by Crippen LogP contribution is 2.29. The van der Waals surface area contributed by atoms with Crippen LogP contribution in [-0.4, -0.2) is 48.9 Å². The second-order valence-corrected chi connectivity index (χ2v) is 7.95. The molecule has 0 bridgehead atoms. The van der Waals surface area contributed by atoms with Gasteiger partial charge in [0.25, 0.3) is 5.56 Å². The summed E-state index contributed by atoms with van der Waals surface area (Å²) in [6, 6.07) is 1.95. The first kappa shape index (κ1) is 15.7. The molecule has 1 unspecified atom stereocenters. The molecule has 0 saturated carbocycles. The summed E-state index contributed by atoms with van der Waals surface area (Å²) in [6.07, 6.45) is 2.12. The zero-order valence-electron chi connectivity index (χ0n) is 13.9. The van der Waals surface area contributed by atoms with E-state index in [4.69, 9.17) is 0 Å². The lowest BCUT2D eigenvalue weighted by atomic mass is 9.83. The van der Waals surface area contributed by atoms with E-state index in [-0.39, 0.29) is 17.6 Å². The molecule has 7 nitrogen and oxygen atoms in total. The van der Waals surface area contributed by atoms with Gasteiger partial charge in [-0.1, -0.05) is 6.92 Å². The van der Waals surface area contributed by atoms with Gasteiger partial charge in [0.2, 0.25) is 5.78 Å². The van der Waals surface area contributed by atoms with Crippen LogP contribution in [0.3, 0.4) is 0 Å². The number of aromatic nitrogens is 4. The van der Waals surface area contributed by atoms with E-state index in [0.29, 0.717) is 12.3 Å². The van der Waals surface area contributed by atoms with Crippen molar-refractivity contribution >= 4 is 27.3 Å². The highest BCUT2D eigenvalue weighted by atomic mass is 32.1. The van der Waals surface area contributed by atoms with Crippen LogP contribution in [0.4, 0.5) is 0 Å². The molecule has 1 atom stereocenters. The summed E-state index contributed by atoms with van der Waals surface area (Å²) < 4.78 is 4.27. The van der Waals surface area contributed by atoms with Crippen molar-refractivity contribution in [1.29, 1.82) is 0 Å². The molecule has 24 heavy (non-hydrogen) atoms. The quantitative estimate of drug-likeness (QED) is 0.771. The molecule has 0 aromatic carbocycles. The SMILES string of the molecule is Cn1c(=O)c2sccc2n2c(CN3CCCC(C)(CO)C3)nnc12. The Balaban J connectivity index is 1.77. The first-order valence-electron chi connectivity index (χ1n) is 8.16. The van der Waals surface area contributed by atoms with Crippen LogP contribution in [0, 0.1) is 5.41 Å². The molecule has 1 aliphatic heterocycles. The molecular weight excluding hydrogens is 326 g/mol. The number of piperidine rings is 1. The molecule has 8 heteroatoms. The fourth-order valence-corrected chi connectivity index (χ4v) is 4.50. The van der Waals surface area contributed by atoms with Crippen LogP contribution in [0.1, 0.15) is 25.6 Å². The molecule has 4 heterocycles. The molecule has 1 fully saturated rings. The Labute approximate surface area is 143 Å². The Bertz CT molecular complexity index is 959. The summed E-state index contributed by atoms with van der Waals surface area (Å²) in [5, 5.41) is 20.2. The minimum Gasteiger partial charge on any atom is -0.396 e. The number of hydrogen-bond acceptors (Lipinski definition) is 6. The summed E-state index contributed by atoms with van der Waals surface area (Å²) in [6.45, 7) is 4.83. The molecule has 4 rings (SSSR count). The van der Waals surface area contributed by atoms with Crippen LogP contribution in [0.5, 0.6) is 0 Å². The normalized spacial score (nSPS) is 22.6. The fourth-order valence-electron chi connectivity index (χ4n) is 3.65. The maximum absolute atomic E-state index is 12.4. The van der Waals surface area contributed by atoms with Crippen molar-refractivity contribution in [2.24, 2.45) is 12.5 Å². The van der Waals surface area contributed by atoms with Crippen LogP contribution in [-0.2, 0) is 13.6 Å². The second kappa shape index (κ2) is 5.65. The summed E-state index contributed by atoms with van der Waals surface area (Å²) >= 11 is 1.45. The van der Waals surface area contributed by atoms with Gasteiger partial charge in [-0.15, -0.1) is 21.5 Å². The molecule has 3 aromatic heterocycles. The highest BCUT2D eigenvalue weighted by molar-refractivity contribution is 7.17. The number of fused-ring (bicyclic) bond motifs is 3. The van der Waals surface area contributed by atoms with Crippen molar-refractivity contribution < 1.29 is 5.11 Å². The summed E-state index contributed by atoms with van der Waals surface area (Å²) in [5.74, 6) is 1.41. The topological polar surface area (TPSA) is 75.7 Å². The van der Waals surface area contributed by atoms with Crippen molar-refractivity contribution in [3.05, 3.63) is 27.6 Å². The minimum atomic E-state index is -0.0523. The molecule has 0 radical (unpaired) electrons. The summed E-state index contributed by atoms with van der Waals surface area (Å²) in [5.41, 5.74) is 0.792. The molecular formula is C16H21N5O2S. The third kappa shape index (κ3) is 2.37. The van der Waals surface area contributed by atoms with Gasteiger partial charge >= 0.3 is 0 Å². The maximum Gasteiger partial charge on any atom is 0.272 e. The van der Waals surface area contributed by atoms with Crippen molar-refractivity contribution in [1.82, 2.24) is 24.1 Å². The predicted octanol–water partition coefficient (Wildman–Crippen LogP) is 1.24. The Morgan fingerprint density at radius 2 is 2.25 bits per heavy atom. The third-order valence-corrected chi connectivity index (χ3v) is 5.90. The van der Waals surface area contributed by atoms with Gasteiger partial charge in [0.1, 0.15) is 4.70 Å². The standard InChI is InChI=1S/C16H21N5O2S/c1-16(10-22)5-3-6-20(9-16)8-12-17-18-15-19(2)14(23)13-11(21(12)15)4-7-24-13/h4,7,22H,3,5-6,8-10H2,1-2H3. The van der Waals surface area contributed by atoms with E-state index in [1.54, 1.807) is 11.6 Å². The van der Waals surface area contributed by atoms with Gasteiger partial charge in [-0.05, 0) is 30.8 Å². The van der Waals surface area contributed by atoms with Crippen LogP contribution >= 0.6 is 11.3 Å². The number of hydrogen-bond donors (Lipinski definition) is 1. The lowest BCUT2D eigenvalue weighted by Gasteiger charge is -2.38. The largest absolute Gasteiger partial charge is 0.396 e. The molecule has 1 saturated heterocycles. The van der Waals surface area contributed by atoms with E-state index in [2.05, 4.69) is 22.0 Å². The molecule has 0 aliphatic carbocycles. The van der Waals surface area contributed by atoms with Gasteiger partial charge in [-0.2, -0.15) is 0 Å². The molecule has 0 amide bonds. The molecule has 1 aliphatic rings. The Hall–Kier alpha value is -1.77. The van der Waals surface area contributed by atoms with Crippen LogP contribution in [0.15, 0.2) is 16.2 Å². The van der Waals surface area contributed by atoms with Crippen LogP contribution < -0.4 is 5.56 Å². The van der Waals surface area contributed by atoms with E-state index < -0.39 is 0 Å². The molecule has 128 valence electrons. The van der Waals surface area contributed by atoms with E-state index in [9.17, 15) is 9.90 Å². The lowest BCUT2D eigenvalue weighted by molar-refractivity contribution is 0.0416. The number of thiophene rings is 1. The molecule has 1 N–H and O–H groups in total. The monoisotopic (exact) mass is 347 g/mol. The first-order chi connectivity index (χ1) is 11.5. The van der Waals surface area contributed by atoms with Crippen LogP contribution in [0.2, 0.25) is 0 Å². The van der Waals surface area contributed by atoms with Gasteiger partial charge in [0.05, 0.1) is 12.1 Å².